The van der Waals surface area contributed by atoms with Crippen LogP contribution >= 0.6 is 11.8 Å². The molecule has 0 N–H and O–H groups in total. The summed E-state index contributed by atoms with van der Waals surface area (Å²) in [5.74, 6) is 1.93. The largest absolute Gasteiger partial charge is 0.264 e. The fourth-order valence-corrected chi connectivity index (χ4v) is 9.59. The molecule has 9 aromatic rings. The lowest BCUT2D eigenvalue weighted by Gasteiger charge is -2.32. The van der Waals surface area contributed by atoms with Crippen LogP contribution in [-0.4, -0.2) is 19.9 Å². The van der Waals surface area contributed by atoms with Crippen molar-refractivity contribution >= 4 is 22.5 Å². The van der Waals surface area contributed by atoms with Gasteiger partial charge in [-0.2, -0.15) is 0 Å². The summed E-state index contributed by atoms with van der Waals surface area (Å²) < 4.78 is 0. The Balaban J connectivity index is 1.06. The number of allylic oxidation sites excluding steroid dienone is 5. The molecule has 1 unspecified atom stereocenters. The average Bonchev–Trinajstić information content (AvgIpc) is 3.60. The van der Waals surface area contributed by atoms with E-state index in [4.69, 9.17) is 15.0 Å². The molecule has 4 nitrogen and oxygen atoms in total. The van der Waals surface area contributed by atoms with Gasteiger partial charge in [0.2, 0.25) is 0 Å². The van der Waals surface area contributed by atoms with Crippen LogP contribution in [0.3, 0.4) is 0 Å². The first kappa shape index (κ1) is 35.7. The highest BCUT2D eigenvalue weighted by atomic mass is 32.2. The Morgan fingerprint density at radius 1 is 0.400 bits per heavy atom. The Labute approximate surface area is 353 Å². The summed E-state index contributed by atoms with van der Waals surface area (Å²) in [6.07, 6.45) is 14.8. The minimum absolute atomic E-state index is 0.564. The molecule has 1 spiro atoms. The van der Waals surface area contributed by atoms with E-state index in [0.717, 1.165) is 33.2 Å². The Kier molecular flexibility index (Phi) is 8.94. The predicted molar refractivity (Wildman–Crippen MR) is 247 cm³/mol. The van der Waals surface area contributed by atoms with E-state index in [2.05, 4.69) is 150 Å². The molecule has 2 aliphatic rings. The van der Waals surface area contributed by atoms with Gasteiger partial charge in [0.25, 0.3) is 0 Å². The summed E-state index contributed by atoms with van der Waals surface area (Å²) in [7, 11) is 0. The van der Waals surface area contributed by atoms with Gasteiger partial charge in [-0.05, 0) is 85.1 Å². The van der Waals surface area contributed by atoms with Crippen molar-refractivity contribution in [1.82, 2.24) is 19.9 Å². The summed E-state index contributed by atoms with van der Waals surface area (Å²) in [6, 6.07) is 60.3. The molecule has 3 heterocycles. The Morgan fingerprint density at radius 2 is 0.983 bits per heavy atom. The molecule has 1 atom stereocenters. The van der Waals surface area contributed by atoms with Gasteiger partial charge in [0, 0.05) is 39.4 Å². The summed E-state index contributed by atoms with van der Waals surface area (Å²) in [5.41, 5.74) is 13.1. The monoisotopic (exact) mass is 784 g/mol. The number of aromatic nitrogens is 4. The second-order valence-corrected chi connectivity index (χ2v) is 16.0. The molecule has 1 aliphatic carbocycles. The van der Waals surface area contributed by atoms with Crippen LogP contribution in [0.25, 0.3) is 78.3 Å². The van der Waals surface area contributed by atoms with Crippen LogP contribution in [-0.2, 0) is 5.41 Å². The van der Waals surface area contributed by atoms with Gasteiger partial charge in [-0.15, -0.1) is 0 Å². The first-order valence-electron chi connectivity index (χ1n) is 20.1. The fourth-order valence-electron chi connectivity index (χ4n) is 8.76. The van der Waals surface area contributed by atoms with Crippen molar-refractivity contribution < 1.29 is 0 Å². The van der Waals surface area contributed by atoms with Gasteiger partial charge in [0.15, 0.2) is 17.5 Å². The van der Waals surface area contributed by atoms with E-state index in [1.165, 1.54) is 49.2 Å². The minimum Gasteiger partial charge on any atom is -0.264 e. The maximum atomic E-state index is 4.98. The van der Waals surface area contributed by atoms with Crippen LogP contribution in [0.2, 0.25) is 0 Å². The molecular weight excluding hydrogens is 749 g/mol. The standard InChI is InChI=1S/C55H36N4S/c1-2-12-33-60-51-21-10-9-20-48(51)55(31-11-1)49-34-42(26-28-45(49)46-29-27-43(35-50(46)55)44-19-13-18-38-30-32-56-36-47(38)44)37-22-24-41(25-23-37)54-58-52(39-14-5-3-6-15-39)57-53(59-54)40-16-7-4-8-17-40/h1-36H/b2-1?,31-11+,33-12?. The van der Waals surface area contributed by atoms with E-state index in [1.54, 1.807) is 11.8 Å². The maximum absolute atomic E-state index is 4.98. The van der Waals surface area contributed by atoms with E-state index >= 15 is 0 Å². The molecule has 7 aromatic carbocycles. The predicted octanol–water partition coefficient (Wildman–Crippen LogP) is 13.8. The number of thioether (sulfide) groups is 1. The van der Waals surface area contributed by atoms with E-state index in [0.29, 0.717) is 17.5 Å². The molecule has 0 bridgehead atoms. The van der Waals surface area contributed by atoms with Crippen molar-refractivity contribution in [3.8, 4) is 67.5 Å². The van der Waals surface area contributed by atoms with Crippen molar-refractivity contribution in [2.24, 2.45) is 0 Å². The highest BCUT2D eigenvalue weighted by molar-refractivity contribution is 8.02. The molecule has 0 saturated heterocycles. The van der Waals surface area contributed by atoms with Crippen LogP contribution < -0.4 is 0 Å². The molecular formula is C55H36N4S. The normalized spacial score (nSPS) is 15.7. The maximum Gasteiger partial charge on any atom is 0.164 e. The van der Waals surface area contributed by atoms with Crippen LogP contribution in [0, 0.1) is 0 Å². The Hall–Kier alpha value is -7.47. The van der Waals surface area contributed by atoms with Gasteiger partial charge >= 0.3 is 0 Å². The quantitative estimate of drug-likeness (QED) is 0.174. The molecule has 0 radical (unpaired) electrons. The number of nitrogens with zero attached hydrogens (tertiary/aromatic N) is 4. The van der Waals surface area contributed by atoms with Gasteiger partial charge in [-0.1, -0.05) is 188 Å². The van der Waals surface area contributed by atoms with Crippen LogP contribution in [0.15, 0.2) is 223 Å². The lowest BCUT2D eigenvalue weighted by molar-refractivity contribution is 0.783. The Bertz CT molecular complexity index is 3110. The Morgan fingerprint density at radius 3 is 1.70 bits per heavy atom. The summed E-state index contributed by atoms with van der Waals surface area (Å²) in [6.45, 7) is 0. The lowest BCUT2D eigenvalue weighted by Crippen LogP contribution is -2.25. The SMILES string of the molecule is C1=C/C=C/C2(c3ccccc3SC=C1)c1cc(-c3ccc(-c4nc(-c5ccccc5)nc(-c5ccccc5)n4)cc3)ccc1-c1ccc(-c3cccc4ccncc34)cc12. The number of hydrogen-bond donors (Lipinski definition) is 0. The fraction of sp³-hybridized carbons (Fsp3) is 0.0182. The van der Waals surface area contributed by atoms with Crippen molar-refractivity contribution in [3.63, 3.8) is 0 Å². The van der Waals surface area contributed by atoms with E-state index < -0.39 is 5.41 Å². The molecule has 0 amide bonds. The van der Waals surface area contributed by atoms with Crippen LogP contribution in [0.1, 0.15) is 16.7 Å². The first-order chi connectivity index (χ1) is 29.7. The number of fused-ring (bicyclic) bond motifs is 8. The van der Waals surface area contributed by atoms with Gasteiger partial charge in [-0.3, -0.25) is 4.98 Å². The smallest absolute Gasteiger partial charge is 0.164 e. The zero-order chi connectivity index (χ0) is 39.9. The van der Waals surface area contributed by atoms with E-state index in [-0.39, 0.29) is 0 Å². The van der Waals surface area contributed by atoms with Gasteiger partial charge in [0.1, 0.15) is 0 Å². The minimum atomic E-state index is -0.564. The van der Waals surface area contributed by atoms with Crippen LogP contribution in [0.5, 0.6) is 0 Å². The highest BCUT2D eigenvalue weighted by Crippen LogP contribution is 2.57. The molecule has 1 aliphatic heterocycles. The first-order valence-corrected chi connectivity index (χ1v) is 21.0. The van der Waals surface area contributed by atoms with E-state index in [9.17, 15) is 0 Å². The topological polar surface area (TPSA) is 51.6 Å². The van der Waals surface area contributed by atoms with Gasteiger partial charge in [-0.25, -0.2) is 15.0 Å². The number of rotatable bonds is 5. The van der Waals surface area contributed by atoms with Crippen molar-refractivity contribution in [2.45, 2.75) is 10.3 Å². The van der Waals surface area contributed by atoms with Crippen molar-refractivity contribution in [3.05, 3.63) is 235 Å². The third kappa shape index (κ3) is 6.19. The molecule has 5 heteroatoms. The van der Waals surface area contributed by atoms with Gasteiger partial charge < -0.3 is 0 Å². The molecule has 0 fully saturated rings. The zero-order valence-corrected chi connectivity index (χ0v) is 33.3. The molecule has 0 saturated carbocycles. The van der Waals surface area contributed by atoms with E-state index in [1.807, 2.05) is 73.1 Å². The van der Waals surface area contributed by atoms with Crippen LogP contribution in [0.4, 0.5) is 0 Å². The average molecular weight is 785 g/mol. The van der Waals surface area contributed by atoms with Crippen molar-refractivity contribution in [2.75, 3.05) is 0 Å². The number of benzene rings is 7. The van der Waals surface area contributed by atoms with Crippen molar-refractivity contribution in [1.29, 1.82) is 0 Å². The third-order valence-corrected chi connectivity index (χ3v) is 12.5. The van der Waals surface area contributed by atoms with Gasteiger partial charge in [0.05, 0.1) is 5.41 Å². The lowest BCUT2D eigenvalue weighted by atomic mass is 9.71. The molecule has 2 aromatic heterocycles. The third-order valence-electron chi connectivity index (χ3n) is 11.6. The number of hydrogen-bond acceptors (Lipinski definition) is 5. The second-order valence-electron chi connectivity index (χ2n) is 15.0. The molecule has 282 valence electrons. The second kappa shape index (κ2) is 15.0. The number of pyridine rings is 1. The summed E-state index contributed by atoms with van der Waals surface area (Å²) >= 11 is 1.77. The molecule has 11 rings (SSSR count). The zero-order valence-electron chi connectivity index (χ0n) is 32.5. The highest BCUT2D eigenvalue weighted by Gasteiger charge is 2.44. The summed E-state index contributed by atoms with van der Waals surface area (Å²) in [5, 5.41) is 4.50. The molecule has 60 heavy (non-hydrogen) atoms. The summed E-state index contributed by atoms with van der Waals surface area (Å²) in [4.78, 5) is 20.6.